The van der Waals surface area contributed by atoms with E-state index < -0.39 is 0 Å². The van der Waals surface area contributed by atoms with E-state index in [4.69, 9.17) is 0 Å². The first kappa shape index (κ1) is 32.4. The van der Waals surface area contributed by atoms with E-state index in [1.165, 1.54) is 185 Å². The number of unbranched alkanes of at least 4 members (excludes halogenated alkanes) is 25. The Bertz CT molecular complexity index is 271. The van der Waals surface area contributed by atoms with E-state index in [0.717, 1.165) is 0 Å². The van der Waals surface area contributed by atoms with Crippen molar-refractivity contribution < 1.29 is 0 Å². The zero-order valence-electron chi connectivity index (χ0n) is 22.9. The molecule has 0 fully saturated rings. The topological polar surface area (TPSA) is 0 Å². The monoisotopic (exact) mass is 468 g/mol. The van der Waals surface area contributed by atoms with Crippen LogP contribution in [0.1, 0.15) is 187 Å². The van der Waals surface area contributed by atoms with Crippen molar-refractivity contribution in [1.82, 2.24) is 0 Å². The average molecular weight is 469 g/mol. The van der Waals surface area contributed by atoms with Gasteiger partial charge in [-0.1, -0.05) is 174 Å². The maximum Gasteiger partial charge on any atom is -0.00675 e. The van der Waals surface area contributed by atoms with Gasteiger partial charge in [0.05, 0.1) is 0 Å². The summed E-state index contributed by atoms with van der Waals surface area (Å²) in [5.74, 6) is 2.82. The van der Waals surface area contributed by atoms with Crippen LogP contribution in [-0.4, -0.2) is 11.5 Å². The molecule has 0 aromatic rings. The Balaban J connectivity index is 2.98. The van der Waals surface area contributed by atoms with Gasteiger partial charge in [-0.25, -0.2) is 0 Å². The van der Waals surface area contributed by atoms with Gasteiger partial charge in [-0.2, -0.15) is 11.8 Å². The Morgan fingerprint density at radius 3 is 0.656 bits per heavy atom. The SMILES string of the molecule is CCCCCCCCCCCCCCCCCCCCCCSCCCCCCCCC. The van der Waals surface area contributed by atoms with Crippen LogP contribution in [0.3, 0.4) is 0 Å². The van der Waals surface area contributed by atoms with Crippen LogP contribution in [0.25, 0.3) is 0 Å². The van der Waals surface area contributed by atoms with E-state index in [1.54, 1.807) is 0 Å². The Hall–Kier alpha value is 0.350. The van der Waals surface area contributed by atoms with E-state index >= 15 is 0 Å². The third-order valence-corrected chi connectivity index (χ3v) is 8.19. The first-order chi connectivity index (χ1) is 15.9. The second kappa shape index (κ2) is 31.4. The van der Waals surface area contributed by atoms with Crippen LogP contribution in [-0.2, 0) is 0 Å². The molecule has 0 rings (SSSR count). The zero-order valence-corrected chi connectivity index (χ0v) is 23.7. The lowest BCUT2D eigenvalue weighted by molar-refractivity contribution is 0.523. The largest absolute Gasteiger partial charge is 0.162 e. The van der Waals surface area contributed by atoms with E-state index in [9.17, 15) is 0 Å². The molecule has 0 aliphatic heterocycles. The minimum Gasteiger partial charge on any atom is -0.162 e. The van der Waals surface area contributed by atoms with Gasteiger partial charge in [-0.3, -0.25) is 0 Å². The van der Waals surface area contributed by atoms with Crippen LogP contribution in [0.4, 0.5) is 0 Å². The number of hydrogen-bond donors (Lipinski definition) is 0. The summed E-state index contributed by atoms with van der Waals surface area (Å²) in [4.78, 5) is 0. The first-order valence-electron chi connectivity index (χ1n) is 15.5. The Kier molecular flexibility index (Phi) is 31.7. The molecule has 0 amide bonds. The fourth-order valence-corrected chi connectivity index (χ4v) is 5.74. The van der Waals surface area contributed by atoms with E-state index in [2.05, 4.69) is 25.6 Å². The first-order valence-corrected chi connectivity index (χ1v) is 16.6. The Labute approximate surface area is 210 Å². The molecule has 0 atom stereocenters. The predicted octanol–water partition coefficient (Wildman–Crippen LogP) is 12.3. The summed E-state index contributed by atoms with van der Waals surface area (Å²) < 4.78 is 0. The molecule has 0 aliphatic rings. The lowest BCUT2D eigenvalue weighted by atomic mass is 10.0. The minimum atomic E-state index is 1.37. The summed E-state index contributed by atoms with van der Waals surface area (Å²) in [5.41, 5.74) is 0. The molecule has 0 bridgehead atoms. The van der Waals surface area contributed by atoms with E-state index in [1.807, 2.05) is 0 Å². The van der Waals surface area contributed by atoms with Crippen LogP contribution in [0.2, 0.25) is 0 Å². The molecule has 0 spiro atoms. The van der Waals surface area contributed by atoms with E-state index in [-0.39, 0.29) is 0 Å². The van der Waals surface area contributed by atoms with E-state index in [0.29, 0.717) is 0 Å². The molecule has 0 nitrogen and oxygen atoms in total. The maximum atomic E-state index is 2.31. The highest BCUT2D eigenvalue weighted by molar-refractivity contribution is 7.99. The summed E-state index contributed by atoms with van der Waals surface area (Å²) >= 11 is 2.21. The summed E-state index contributed by atoms with van der Waals surface area (Å²) in [6, 6.07) is 0. The highest BCUT2D eigenvalue weighted by atomic mass is 32.2. The third-order valence-electron chi connectivity index (χ3n) is 7.03. The smallest absolute Gasteiger partial charge is 0.00675 e. The molecule has 0 N–H and O–H groups in total. The van der Waals surface area contributed by atoms with Gasteiger partial charge in [0.2, 0.25) is 0 Å². The van der Waals surface area contributed by atoms with Crippen LogP contribution in [0.5, 0.6) is 0 Å². The molecule has 0 aromatic heterocycles. The summed E-state index contributed by atoms with van der Waals surface area (Å²) in [7, 11) is 0. The molecule has 0 radical (unpaired) electrons. The third kappa shape index (κ3) is 30.4. The maximum absolute atomic E-state index is 2.31. The normalized spacial score (nSPS) is 11.4. The molecular weight excluding hydrogens is 404 g/mol. The lowest BCUT2D eigenvalue weighted by Gasteiger charge is -2.04. The van der Waals surface area contributed by atoms with Gasteiger partial charge in [-0.05, 0) is 24.3 Å². The van der Waals surface area contributed by atoms with Crippen LogP contribution in [0, 0.1) is 0 Å². The minimum absolute atomic E-state index is 1.37. The van der Waals surface area contributed by atoms with Crippen molar-refractivity contribution in [1.29, 1.82) is 0 Å². The molecule has 0 heterocycles. The van der Waals surface area contributed by atoms with Crippen molar-refractivity contribution in [3.05, 3.63) is 0 Å². The standard InChI is InChI=1S/C31H64S/c1-3-5-7-9-11-12-13-14-15-16-17-18-19-20-21-22-23-25-27-29-31-32-30-28-26-24-10-8-6-4-2/h3-31H2,1-2H3. The van der Waals surface area contributed by atoms with Crippen molar-refractivity contribution in [3.63, 3.8) is 0 Å². The molecule has 0 unspecified atom stereocenters. The second-order valence-electron chi connectivity index (χ2n) is 10.5. The summed E-state index contributed by atoms with van der Waals surface area (Å²) in [6.45, 7) is 4.61. The quantitative estimate of drug-likeness (QED) is 0.0983. The molecule has 32 heavy (non-hydrogen) atoms. The highest BCUT2D eigenvalue weighted by Crippen LogP contribution is 2.16. The molecule has 194 valence electrons. The predicted molar refractivity (Wildman–Crippen MR) is 153 cm³/mol. The Morgan fingerprint density at radius 2 is 0.438 bits per heavy atom. The second-order valence-corrected chi connectivity index (χ2v) is 11.7. The van der Waals surface area contributed by atoms with Gasteiger partial charge >= 0.3 is 0 Å². The van der Waals surface area contributed by atoms with Crippen molar-refractivity contribution in [2.24, 2.45) is 0 Å². The molecule has 0 aromatic carbocycles. The van der Waals surface area contributed by atoms with Gasteiger partial charge in [0.25, 0.3) is 0 Å². The molecule has 1 heteroatoms. The fraction of sp³-hybridized carbons (Fsp3) is 1.00. The number of hydrogen-bond acceptors (Lipinski definition) is 1. The molecule has 0 saturated carbocycles. The fourth-order valence-electron chi connectivity index (χ4n) is 4.72. The number of thioether (sulfide) groups is 1. The van der Waals surface area contributed by atoms with Gasteiger partial charge in [0.15, 0.2) is 0 Å². The average Bonchev–Trinajstić information content (AvgIpc) is 2.81. The van der Waals surface area contributed by atoms with Crippen molar-refractivity contribution >= 4 is 11.8 Å². The van der Waals surface area contributed by atoms with Crippen molar-refractivity contribution in [3.8, 4) is 0 Å². The summed E-state index contributed by atoms with van der Waals surface area (Å²) in [6.07, 6.45) is 39.7. The van der Waals surface area contributed by atoms with Gasteiger partial charge in [-0.15, -0.1) is 0 Å². The van der Waals surface area contributed by atoms with Crippen molar-refractivity contribution in [2.75, 3.05) is 11.5 Å². The molecule has 0 aliphatic carbocycles. The van der Waals surface area contributed by atoms with Crippen LogP contribution < -0.4 is 0 Å². The van der Waals surface area contributed by atoms with Gasteiger partial charge in [0.1, 0.15) is 0 Å². The zero-order chi connectivity index (χ0) is 23.2. The van der Waals surface area contributed by atoms with Crippen molar-refractivity contribution in [2.45, 2.75) is 187 Å². The molecule has 0 saturated heterocycles. The number of rotatable bonds is 29. The summed E-state index contributed by atoms with van der Waals surface area (Å²) in [5, 5.41) is 0. The highest BCUT2D eigenvalue weighted by Gasteiger charge is 1.96. The van der Waals surface area contributed by atoms with Gasteiger partial charge < -0.3 is 0 Å². The van der Waals surface area contributed by atoms with Gasteiger partial charge in [0, 0.05) is 0 Å². The van der Waals surface area contributed by atoms with Crippen LogP contribution in [0.15, 0.2) is 0 Å². The Morgan fingerprint density at radius 1 is 0.250 bits per heavy atom. The molecular formula is C31H64S. The van der Waals surface area contributed by atoms with Crippen LogP contribution >= 0.6 is 11.8 Å². The lowest BCUT2D eigenvalue weighted by Crippen LogP contribution is -1.87.